The van der Waals surface area contributed by atoms with E-state index in [2.05, 4.69) is 6.07 Å². The number of ketones is 1. The molecule has 2 aromatic carbocycles. The minimum absolute atomic E-state index is 0.204. The van der Waals surface area contributed by atoms with Gasteiger partial charge in [-0.25, -0.2) is 0 Å². The smallest absolute Gasteiger partial charge is 0.141 e. The number of carbonyl (C=O) groups excluding carboxylic acids is 1. The summed E-state index contributed by atoms with van der Waals surface area (Å²) in [5.74, 6) is 0.982. The number of Topliss-reactive ketones (excluding diaryl/α,β-unsaturated/α-hetero) is 1. The van der Waals surface area contributed by atoms with E-state index in [-0.39, 0.29) is 5.78 Å². The molecule has 2 nitrogen and oxygen atoms in total. The monoisotopic (exact) mass is 254 g/mol. The van der Waals surface area contributed by atoms with Crippen molar-refractivity contribution < 1.29 is 9.53 Å². The van der Waals surface area contributed by atoms with Crippen LogP contribution < -0.4 is 4.74 Å². The summed E-state index contributed by atoms with van der Waals surface area (Å²) in [6, 6.07) is 15.7. The van der Waals surface area contributed by atoms with Gasteiger partial charge in [-0.2, -0.15) is 0 Å². The Morgan fingerprint density at radius 3 is 2.58 bits per heavy atom. The lowest BCUT2D eigenvalue weighted by Gasteiger charge is -2.07. The molecule has 0 aromatic heterocycles. The molecule has 0 aliphatic carbocycles. The van der Waals surface area contributed by atoms with E-state index < -0.39 is 0 Å². The Labute approximate surface area is 114 Å². The number of methoxy groups -OCH3 is 1. The minimum Gasteiger partial charge on any atom is -0.496 e. The predicted molar refractivity (Wildman–Crippen MR) is 76.6 cm³/mol. The van der Waals surface area contributed by atoms with Crippen LogP contribution in [0.25, 0.3) is 0 Å². The summed E-state index contributed by atoms with van der Waals surface area (Å²) in [6.45, 7) is 2.04. The second-order valence-corrected chi connectivity index (χ2v) is 4.69. The summed E-state index contributed by atoms with van der Waals surface area (Å²) >= 11 is 0. The molecule has 19 heavy (non-hydrogen) atoms. The Kier molecular flexibility index (Phi) is 4.35. The van der Waals surface area contributed by atoms with Crippen molar-refractivity contribution in [3.63, 3.8) is 0 Å². The number of benzene rings is 2. The highest BCUT2D eigenvalue weighted by Gasteiger charge is 2.09. The molecule has 2 aromatic rings. The van der Waals surface area contributed by atoms with E-state index in [4.69, 9.17) is 4.74 Å². The SMILES string of the molecule is COc1ccccc1CC(=O)Cc1cccc(C)c1. The van der Waals surface area contributed by atoms with Crippen LogP contribution in [0.1, 0.15) is 16.7 Å². The van der Waals surface area contributed by atoms with Crippen molar-refractivity contribution >= 4 is 5.78 Å². The zero-order valence-corrected chi connectivity index (χ0v) is 11.3. The van der Waals surface area contributed by atoms with Crippen LogP contribution in [0.2, 0.25) is 0 Å². The molecule has 0 N–H and O–H groups in total. The van der Waals surface area contributed by atoms with E-state index in [9.17, 15) is 4.79 Å². The third-order valence-corrected chi connectivity index (χ3v) is 3.06. The first-order valence-corrected chi connectivity index (χ1v) is 6.38. The molecule has 0 fully saturated rings. The summed E-state index contributed by atoms with van der Waals surface area (Å²) in [6.07, 6.45) is 0.887. The van der Waals surface area contributed by atoms with Crippen LogP contribution in [-0.4, -0.2) is 12.9 Å². The van der Waals surface area contributed by atoms with Crippen LogP contribution in [0.3, 0.4) is 0 Å². The Bertz CT molecular complexity index is 573. The highest BCUT2D eigenvalue weighted by molar-refractivity contribution is 5.83. The molecule has 0 amide bonds. The van der Waals surface area contributed by atoms with E-state index >= 15 is 0 Å². The van der Waals surface area contributed by atoms with Crippen molar-refractivity contribution in [2.75, 3.05) is 7.11 Å². The van der Waals surface area contributed by atoms with E-state index in [1.165, 1.54) is 5.56 Å². The molecular formula is C17H18O2. The Morgan fingerprint density at radius 2 is 1.84 bits per heavy atom. The molecule has 0 bridgehead atoms. The molecule has 0 unspecified atom stereocenters. The zero-order chi connectivity index (χ0) is 13.7. The first-order chi connectivity index (χ1) is 9.19. The number of hydrogen-bond donors (Lipinski definition) is 0. The van der Waals surface area contributed by atoms with Gasteiger partial charge in [0.1, 0.15) is 11.5 Å². The average molecular weight is 254 g/mol. The van der Waals surface area contributed by atoms with E-state index in [0.717, 1.165) is 16.9 Å². The topological polar surface area (TPSA) is 26.3 Å². The van der Waals surface area contributed by atoms with Crippen molar-refractivity contribution in [3.05, 3.63) is 65.2 Å². The van der Waals surface area contributed by atoms with Crippen molar-refractivity contribution in [2.24, 2.45) is 0 Å². The van der Waals surface area contributed by atoms with Gasteiger partial charge in [0.2, 0.25) is 0 Å². The van der Waals surface area contributed by atoms with Crippen LogP contribution in [0.5, 0.6) is 5.75 Å². The fourth-order valence-electron chi connectivity index (χ4n) is 2.17. The number of ether oxygens (including phenoxy) is 1. The minimum atomic E-state index is 0.204. The van der Waals surface area contributed by atoms with Gasteiger partial charge < -0.3 is 4.74 Å². The van der Waals surface area contributed by atoms with Gasteiger partial charge in [-0.15, -0.1) is 0 Å². The molecule has 0 saturated heterocycles. The van der Waals surface area contributed by atoms with E-state index in [1.54, 1.807) is 7.11 Å². The molecule has 0 radical (unpaired) electrons. The van der Waals surface area contributed by atoms with Gasteiger partial charge in [0.15, 0.2) is 0 Å². The lowest BCUT2D eigenvalue weighted by molar-refractivity contribution is -0.117. The number of hydrogen-bond acceptors (Lipinski definition) is 2. The number of rotatable bonds is 5. The highest BCUT2D eigenvalue weighted by Crippen LogP contribution is 2.18. The van der Waals surface area contributed by atoms with Crippen LogP contribution in [-0.2, 0) is 17.6 Å². The third kappa shape index (κ3) is 3.68. The van der Waals surface area contributed by atoms with Crippen LogP contribution in [0.15, 0.2) is 48.5 Å². The van der Waals surface area contributed by atoms with Crippen molar-refractivity contribution in [3.8, 4) is 5.75 Å². The average Bonchev–Trinajstić information content (AvgIpc) is 2.39. The number of carbonyl (C=O) groups is 1. The maximum absolute atomic E-state index is 12.1. The second kappa shape index (κ2) is 6.19. The lowest BCUT2D eigenvalue weighted by atomic mass is 10.0. The summed E-state index contributed by atoms with van der Waals surface area (Å²) in [4.78, 5) is 12.1. The van der Waals surface area contributed by atoms with Gasteiger partial charge in [-0.3, -0.25) is 4.79 Å². The molecule has 2 heteroatoms. The third-order valence-electron chi connectivity index (χ3n) is 3.06. The molecule has 2 rings (SSSR count). The van der Waals surface area contributed by atoms with Crippen LogP contribution in [0, 0.1) is 6.92 Å². The summed E-state index contributed by atoms with van der Waals surface area (Å²) in [5, 5.41) is 0. The van der Waals surface area contributed by atoms with Crippen molar-refractivity contribution in [2.45, 2.75) is 19.8 Å². The van der Waals surface area contributed by atoms with Crippen LogP contribution >= 0.6 is 0 Å². The predicted octanol–water partition coefficient (Wildman–Crippen LogP) is 3.36. The Balaban J connectivity index is 2.05. The largest absolute Gasteiger partial charge is 0.496 e. The first kappa shape index (κ1) is 13.3. The van der Waals surface area contributed by atoms with Gasteiger partial charge in [0.05, 0.1) is 7.11 Å². The first-order valence-electron chi connectivity index (χ1n) is 6.38. The molecule has 0 aliphatic rings. The molecule has 0 saturated carbocycles. The van der Waals surface area contributed by atoms with E-state index in [0.29, 0.717) is 12.8 Å². The van der Waals surface area contributed by atoms with Crippen molar-refractivity contribution in [1.29, 1.82) is 0 Å². The van der Waals surface area contributed by atoms with Crippen LogP contribution in [0.4, 0.5) is 0 Å². The summed E-state index contributed by atoms with van der Waals surface area (Å²) in [7, 11) is 1.63. The maximum Gasteiger partial charge on any atom is 0.141 e. The maximum atomic E-state index is 12.1. The number of aryl methyl sites for hydroxylation is 1. The van der Waals surface area contributed by atoms with Gasteiger partial charge in [-0.1, -0.05) is 48.0 Å². The van der Waals surface area contributed by atoms with Gasteiger partial charge in [0.25, 0.3) is 0 Å². The lowest BCUT2D eigenvalue weighted by Crippen LogP contribution is -2.07. The fraction of sp³-hybridized carbons (Fsp3) is 0.235. The number of para-hydroxylation sites is 1. The standard InChI is InChI=1S/C17H18O2/c1-13-6-5-7-14(10-13)11-16(18)12-15-8-3-4-9-17(15)19-2/h3-10H,11-12H2,1-2H3. The summed E-state index contributed by atoms with van der Waals surface area (Å²) < 4.78 is 5.26. The fourth-order valence-corrected chi connectivity index (χ4v) is 2.17. The molecule has 0 spiro atoms. The molecule has 0 heterocycles. The molecule has 0 atom stereocenters. The Hall–Kier alpha value is -2.09. The Morgan fingerprint density at radius 1 is 1.05 bits per heavy atom. The van der Waals surface area contributed by atoms with Gasteiger partial charge in [-0.05, 0) is 18.6 Å². The second-order valence-electron chi connectivity index (χ2n) is 4.69. The normalized spacial score (nSPS) is 10.2. The molecule has 98 valence electrons. The molecule has 0 aliphatic heterocycles. The van der Waals surface area contributed by atoms with Gasteiger partial charge in [0, 0.05) is 18.4 Å². The van der Waals surface area contributed by atoms with Crippen molar-refractivity contribution in [1.82, 2.24) is 0 Å². The van der Waals surface area contributed by atoms with E-state index in [1.807, 2.05) is 49.4 Å². The summed E-state index contributed by atoms with van der Waals surface area (Å²) in [5.41, 5.74) is 3.20. The van der Waals surface area contributed by atoms with Gasteiger partial charge >= 0.3 is 0 Å². The highest BCUT2D eigenvalue weighted by atomic mass is 16.5. The molecular weight excluding hydrogens is 236 g/mol. The zero-order valence-electron chi connectivity index (χ0n) is 11.3. The quantitative estimate of drug-likeness (QED) is 0.817.